The lowest BCUT2D eigenvalue weighted by atomic mass is 10.3. The van der Waals surface area contributed by atoms with Gasteiger partial charge in [0.25, 0.3) is 0 Å². The zero-order chi connectivity index (χ0) is 11.3. The van der Waals surface area contributed by atoms with E-state index >= 15 is 0 Å². The van der Waals surface area contributed by atoms with E-state index in [2.05, 4.69) is 15.9 Å². The van der Waals surface area contributed by atoms with Gasteiger partial charge in [0.15, 0.2) is 0 Å². The van der Waals surface area contributed by atoms with Crippen LogP contribution in [-0.2, 0) is 4.79 Å². The van der Waals surface area contributed by atoms with E-state index in [1.165, 1.54) is 0 Å². The van der Waals surface area contributed by atoms with Gasteiger partial charge < -0.3 is 9.84 Å². The molecule has 0 heterocycles. The number of alkyl halides is 1. The highest BCUT2D eigenvalue weighted by Crippen LogP contribution is 2.16. The number of carbonyl (C=O) groups is 1. The molecule has 82 valence electrons. The maximum atomic E-state index is 12.9. The summed E-state index contributed by atoms with van der Waals surface area (Å²) in [5, 5.41) is 8.32. The molecule has 0 amide bonds. The first kappa shape index (κ1) is 12.0. The number of benzene rings is 1. The lowest BCUT2D eigenvalue weighted by molar-refractivity contribution is -0.138. The molecule has 0 aromatic heterocycles. The van der Waals surface area contributed by atoms with Gasteiger partial charge in [-0.05, 0) is 24.3 Å². The molecule has 0 spiro atoms. The summed E-state index contributed by atoms with van der Waals surface area (Å²) in [5.74, 6) is -0.645. The van der Waals surface area contributed by atoms with E-state index < -0.39 is 18.6 Å². The van der Waals surface area contributed by atoms with Gasteiger partial charge in [-0.15, -0.1) is 0 Å². The Hall–Kier alpha value is -1.10. The van der Waals surface area contributed by atoms with Crippen LogP contribution >= 0.6 is 15.9 Å². The third-order valence-corrected chi connectivity index (χ3v) is 2.17. The largest absolute Gasteiger partial charge is 0.491 e. The van der Waals surface area contributed by atoms with Crippen LogP contribution in [0.1, 0.15) is 6.42 Å². The van der Waals surface area contributed by atoms with E-state index in [1.807, 2.05) is 0 Å². The number of carboxylic acid groups (broad SMARTS) is 1. The summed E-state index contributed by atoms with van der Waals surface area (Å²) in [6.07, 6.45) is -2.01. The summed E-state index contributed by atoms with van der Waals surface area (Å²) in [7, 11) is 0. The van der Waals surface area contributed by atoms with Gasteiger partial charge in [0, 0.05) is 4.47 Å². The van der Waals surface area contributed by atoms with Gasteiger partial charge in [0.05, 0.1) is 6.42 Å². The number of halogens is 2. The molecule has 0 aliphatic carbocycles. The number of hydrogen-bond donors (Lipinski definition) is 1. The summed E-state index contributed by atoms with van der Waals surface area (Å²) in [6.45, 7) is -0.242. The van der Waals surface area contributed by atoms with Crippen LogP contribution in [0.4, 0.5) is 4.39 Å². The van der Waals surface area contributed by atoms with E-state index in [4.69, 9.17) is 9.84 Å². The number of rotatable bonds is 5. The fraction of sp³-hybridized carbons (Fsp3) is 0.300. The average molecular weight is 277 g/mol. The minimum atomic E-state index is -1.48. The van der Waals surface area contributed by atoms with Crippen molar-refractivity contribution in [3.8, 4) is 5.75 Å². The van der Waals surface area contributed by atoms with Gasteiger partial charge in [-0.25, -0.2) is 4.39 Å². The fourth-order valence-electron chi connectivity index (χ4n) is 0.966. The predicted molar refractivity (Wildman–Crippen MR) is 56.8 cm³/mol. The Morgan fingerprint density at radius 2 is 2.07 bits per heavy atom. The maximum absolute atomic E-state index is 12.9. The lowest BCUT2D eigenvalue weighted by Crippen LogP contribution is -2.16. The van der Waals surface area contributed by atoms with Crippen LogP contribution < -0.4 is 4.74 Å². The lowest BCUT2D eigenvalue weighted by Gasteiger charge is -2.08. The molecule has 0 aliphatic heterocycles. The van der Waals surface area contributed by atoms with Crippen molar-refractivity contribution in [1.82, 2.24) is 0 Å². The van der Waals surface area contributed by atoms with E-state index in [9.17, 15) is 9.18 Å². The number of ether oxygens (including phenoxy) is 1. The van der Waals surface area contributed by atoms with Crippen LogP contribution in [0, 0.1) is 0 Å². The minimum Gasteiger partial charge on any atom is -0.491 e. The molecule has 0 saturated heterocycles. The molecule has 15 heavy (non-hydrogen) atoms. The van der Waals surface area contributed by atoms with Gasteiger partial charge in [-0.1, -0.05) is 15.9 Å². The highest BCUT2D eigenvalue weighted by Gasteiger charge is 2.12. The summed E-state index contributed by atoms with van der Waals surface area (Å²) < 4.78 is 18.9. The Balaban J connectivity index is 2.36. The minimum absolute atomic E-state index is 0.242. The van der Waals surface area contributed by atoms with Gasteiger partial charge in [0.1, 0.15) is 18.5 Å². The summed E-state index contributed by atoms with van der Waals surface area (Å²) in [5.41, 5.74) is 0. The monoisotopic (exact) mass is 276 g/mol. The zero-order valence-corrected chi connectivity index (χ0v) is 9.41. The van der Waals surface area contributed by atoms with Crippen LogP contribution in [0.2, 0.25) is 0 Å². The van der Waals surface area contributed by atoms with Crippen molar-refractivity contribution in [1.29, 1.82) is 0 Å². The van der Waals surface area contributed by atoms with Crippen LogP contribution in [0.3, 0.4) is 0 Å². The zero-order valence-electron chi connectivity index (χ0n) is 7.82. The van der Waals surface area contributed by atoms with Crippen LogP contribution in [0.5, 0.6) is 5.75 Å². The standard InChI is InChI=1S/C10H10BrFO3/c11-7-1-3-9(4-2-7)15-6-8(12)5-10(13)14/h1-4,8H,5-6H2,(H,13,14). The quantitative estimate of drug-likeness (QED) is 0.900. The second kappa shape index (κ2) is 5.70. The molecule has 0 bridgehead atoms. The number of carboxylic acids is 1. The Morgan fingerprint density at radius 1 is 1.47 bits per heavy atom. The normalized spacial score (nSPS) is 12.1. The van der Waals surface area contributed by atoms with E-state index in [0.717, 1.165) is 4.47 Å². The molecule has 0 radical (unpaired) electrons. The van der Waals surface area contributed by atoms with Crippen molar-refractivity contribution in [3.05, 3.63) is 28.7 Å². The van der Waals surface area contributed by atoms with E-state index in [-0.39, 0.29) is 6.61 Å². The molecule has 1 N–H and O–H groups in total. The van der Waals surface area contributed by atoms with Crippen LogP contribution in [0.15, 0.2) is 28.7 Å². The molecule has 1 aromatic carbocycles. The van der Waals surface area contributed by atoms with Crippen LogP contribution in [-0.4, -0.2) is 23.9 Å². The predicted octanol–water partition coefficient (Wildman–Crippen LogP) is 2.64. The summed E-state index contributed by atoms with van der Waals surface area (Å²) in [4.78, 5) is 10.2. The SMILES string of the molecule is O=C(O)CC(F)COc1ccc(Br)cc1. The van der Waals surface area contributed by atoms with Crippen LogP contribution in [0.25, 0.3) is 0 Å². The van der Waals surface area contributed by atoms with Gasteiger partial charge in [-0.2, -0.15) is 0 Å². The van der Waals surface area contributed by atoms with Crippen molar-refractivity contribution in [2.45, 2.75) is 12.6 Å². The Kier molecular flexibility index (Phi) is 4.55. The smallest absolute Gasteiger partial charge is 0.306 e. The van der Waals surface area contributed by atoms with Crippen molar-refractivity contribution in [3.63, 3.8) is 0 Å². The first-order valence-electron chi connectivity index (χ1n) is 4.32. The topological polar surface area (TPSA) is 46.5 Å². The molecule has 0 aliphatic rings. The van der Waals surface area contributed by atoms with Crippen molar-refractivity contribution >= 4 is 21.9 Å². The molecule has 5 heteroatoms. The van der Waals surface area contributed by atoms with Gasteiger partial charge in [-0.3, -0.25) is 4.79 Å². The second-order valence-corrected chi connectivity index (χ2v) is 3.88. The Morgan fingerprint density at radius 3 is 2.60 bits per heavy atom. The summed E-state index contributed by atoms with van der Waals surface area (Å²) in [6, 6.07) is 6.88. The first-order chi connectivity index (χ1) is 7.08. The maximum Gasteiger partial charge on any atom is 0.306 e. The molecule has 1 atom stereocenters. The van der Waals surface area contributed by atoms with Gasteiger partial charge in [0.2, 0.25) is 0 Å². The molecular formula is C10H10BrFO3. The first-order valence-corrected chi connectivity index (χ1v) is 5.11. The van der Waals surface area contributed by atoms with Crippen molar-refractivity contribution in [2.24, 2.45) is 0 Å². The average Bonchev–Trinajstić information content (AvgIpc) is 2.16. The van der Waals surface area contributed by atoms with E-state index in [0.29, 0.717) is 5.75 Å². The third-order valence-electron chi connectivity index (χ3n) is 1.64. The Bertz CT molecular complexity index is 326. The number of aliphatic carboxylic acids is 1. The van der Waals surface area contributed by atoms with E-state index in [1.54, 1.807) is 24.3 Å². The number of hydrogen-bond acceptors (Lipinski definition) is 2. The molecule has 1 unspecified atom stereocenters. The molecule has 0 fully saturated rings. The molecular weight excluding hydrogens is 267 g/mol. The Labute approximate surface area is 95.0 Å². The molecule has 0 saturated carbocycles. The highest BCUT2D eigenvalue weighted by molar-refractivity contribution is 9.10. The fourth-order valence-corrected chi connectivity index (χ4v) is 1.23. The third kappa shape index (κ3) is 4.78. The van der Waals surface area contributed by atoms with Gasteiger partial charge >= 0.3 is 5.97 Å². The highest BCUT2D eigenvalue weighted by atomic mass is 79.9. The summed E-state index contributed by atoms with van der Waals surface area (Å²) >= 11 is 3.25. The molecule has 1 aromatic rings. The molecule has 1 rings (SSSR count). The van der Waals surface area contributed by atoms with Crippen molar-refractivity contribution in [2.75, 3.05) is 6.61 Å². The molecule has 3 nitrogen and oxygen atoms in total. The van der Waals surface area contributed by atoms with Crippen molar-refractivity contribution < 1.29 is 19.0 Å². The second-order valence-electron chi connectivity index (χ2n) is 2.96.